The van der Waals surface area contributed by atoms with Crippen molar-refractivity contribution in [3.05, 3.63) is 24.1 Å². The lowest BCUT2D eigenvalue weighted by Crippen LogP contribution is -2.26. The van der Waals surface area contributed by atoms with Crippen LogP contribution in [0.1, 0.15) is 43.4 Å². The Morgan fingerprint density at radius 2 is 2.25 bits per heavy atom. The lowest BCUT2D eigenvalue weighted by atomic mass is 10.3. The van der Waals surface area contributed by atoms with E-state index in [2.05, 4.69) is 20.0 Å². The highest BCUT2D eigenvalue weighted by Gasteiger charge is 2.30. The summed E-state index contributed by atoms with van der Waals surface area (Å²) in [5.41, 5.74) is 0. The van der Waals surface area contributed by atoms with Crippen molar-refractivity contribution in [2.75, 3.05) is 0 Å². The maximum atomic E-state index is 12.1. The summed E-state index contributed by atoms with van der Waals surface area (Å²) in [4.78, 5) is 4.34. The first-order chi connectivity index (χ1) is 9.45. The number of aryl methyl sites for hydroxylation is 1. The molecule has 1 aliphatic rings. The topological polar surface area (TPSA) is 103 Å². The van der Waals surface area contributed by atoms with Gasteiger partial charge in [-0.3, -0.25) is 4.68 Å². The molecule has 9 heteroatoms. The van der Waals surface area contributed by atoms with Crippen molar-refractivity contribution < 1.29 is 12.9 Å². The van der Waals surface area contributed by atoms with E-state index in [0.717, 1.165) is 12.8 Å². The van der Waals surface area contributed by atoms with E-state index in [1.165, 1.54) is 17.1 Å². The molecule has 0 aromatic carbocycles. The lowest BCUT2D eigenvalue weighted by molar-refractivity contribution is 0.349. The van der Waals surface area contributed by atoms with Crippen molar-refractivity contribution in [2.24, 2.45) is 7.05 Å². The second-order valence-corrected chi connectivity index (χ2v) is 6.67. The van der Waals surface area contributed by atoms with Gasteiger partial charge in [0, 0.05) is 19.2 Å². The molecular formula is C11H15N5O3S. The van der Waals surface area contributed by atoms with Gasteiger partial charge in [-0.05, 0) is 19.8 Å². The predicted molar refractivity (Wildman–Crippen MR) is 68.2 cm³/mol. The van der Waals surface area contributed by atoms with Crippen LogP contribution in [0.15, 0.2) is 21.8 Å². The minimum Gasteiger partial charge on any atom is -0.338 e. The van der Waals surface area contributed by atoms with Gasteiger partial charge in [-0.1, -0.05) is 5.16 Å². The standard InChI is InChI=1S/C11H15N5O3S/c1-7(11-13-10(14-19-11)8-3-4-8)15-20(17,18)9-5-12-16(2)6-9/h5-8,15H,3-4H2,1-2H3/t7-/m1/s1. The molecule has 1 saturated carbocycles. The molecule has 108 valence electrons. The lowest BCUT2D eigenvalue weighted by Gasteiger charge is -2.08. The zero-order valence-corrected chi connectivity index (χ0v) is 12.0. The maximum Gasteiger partial charge on any atom is 0.244 e. The molecule has 3 rings (SSSR count). The van der Waals surface area contributed by atoms with E-state index < -0.39 is 16.1 Å². The Morgan fingerprint density at radius 3 is 2.85 bits per heavy atom. The van der Waals surface area contributed by atoms with E-state index >= 15 is 0 Å². The normalized spacial score (nSPS) is 17.3. The predicted octanol–water partition coefficient (Wildman–Crippen LogP) is 0.720. The number of nitrogens with one attached hydrogen (secondary N) is 1. The maximum absolute atomic E-state index is 12.1. The third-order valence-electron chi connectivity index (χ3n) is 3.09. The summed E-state index contributed by atoms with van der Waals surface area (Å²) < 4.78 is 33.3. The number of nitrogens with zero attached hydrogens (tertiary/aromatic N) is 4. The van der Waals surface area contributed by atoms with Crippen LogP contribution in [0.25, 0.3) is 0 Å². The summed E-state index contributed by atoms with van der Waals surface area (Å²) in [5, 5.41) is 7.71. The molecule has 1 fully saturated rings. The fourth-order valence-electron chi connectivity index (χ4n) is 1.82. The Hall–Kier alpha value is -1.74. The van der Waals surface area contributed by atoms with Gasteiger partial charge < -0.3 is 4.52 Å². The summed E-state index contributed by atoms with van der Waals surface area (Å²) >= 11 is 0. The first-order valence-electron chi connectivity index (χ1n) is 6.30. The molecular weight excluding hydrogens is 282 g/mol. The monoisotopic (exact) mass is 297 g/mol. The van der Waals surface area contributed by atoms with Crippen LogP contribution in [0.3, 0.4) is 0 Å². The number of hydrogen-bond acceptors (Lipinski definition) is 6. The molecule has 0 bridgehead atoms. The first-order valence-corrected chi connectivity index (χ1v) is 7.78. The highest BCUT2D eigenvalue weighted by Crippen LogP contribution is 2.38. The van der Waals surface area contributed by atoms with Crippen LogP contribution < -0.4 is 4.72 Å². The van der Waals surface area contributed by atoms with Gasteiger partial charge in [0.2, 0.25) is 15.9 Å². The second kappa shape index (κ2) is 4.67. The van der Waals surface area contributed by atoms with Crippen molar-refractivity contribution in [3.8, 4) is 0 Å². The van der Waals surface area contributed by atoms with Crippen molar-refractivity contribution in [1.82, 2.24) is 24.6 Å². The average molecular weight is 297 g/mol. The molecule has 0 radical (unpaired) electrons. The number of hydrogen-bond donors (Lipinski definition) is 1. The van der Waals surface area contributed by atoms with Crippen molar-refractivity contribution in [1.29, 1.82) is 0 Å². The third kappa shape index (κ3) is 2.59. The van der Waals surface area contributed by atoms with E-state index in [1.807, 2.05) is 0 Å². The van der Waals surface area contributed by atoms with Crippen LogP contribution >= 0.6 is 0 Å². The Balaban J connectivity index is 1.75. The summed E-state index contributed by atoms with van der Waals surface area (Å²) in [6.07, 6.45) is 4.85. The van der Waals surface area contributed by atoms with E-state index in [4.69, 9.17) is 4.52 Å². The number of aromatic nitrogens is 4. The van der Waals surface area contributed by atoms with Gasteiger partial charge in [0.15, 0.2) is 5.82 Å². The molecule has 0 unspecified atom stereocenters. The first kappa shape index (κ1) is 13.3. The minimum absolute atomic E-state index is 0.105. The van der Waals surface area contributed by atoms with Crippen LogP contribution in [0.5, 0.6) is 0 Å². The molecule has 1 aliphatic carbocycles. The summed E-state index contributed by atoms with van der Waals surface area (Å²) in [6.45, 7) is 1.66. The second-order valence-electron chi connectivity index (χ2n) is 4.96. The molecule has 0 spiro atoms. The van der Waals surface area contributed by atoms with Gasteiger partial charge in [0.1, 0.15) is 4.90 Å². The van der Waals surface area contributed by atoms with Crippen molar-refractivity contribution in [3.63, 3.8) is 0 Å². The molecule has 0 aliphatic heterocycles. The Bertz CT molecular complexity index is 716. The SMILES string of the molecule is C[C@@H](NS(=O)(=O)c1cnn(C)c1)c1nc(C2CC2)no1. The highest BCUT2D eigenvalue weighted by molar-refractivity contribution is 7.89. The molecule has 2 heterocycles. The van der Waals surface area contributed by atoms with Gasteiger partial charge in [0.25, 0.3) is 0 Å². The minimum atomic E-state index is -3.64. The van der Waals surface area contributed by atoms with Crippen LogP contribution in [0.2, 0.25) is 0 Å². The van der Waals surface area contributed by atoms with Crippen LogP contribution in [-0.2, 0) is 17.1 Å². The van der Waals surface area contributed by atoms with E-state index in [0.29, 0.717) is 11.7 Å². The van der Waals surface area contributed by atoms with Gasteiger partial charge in [0.05, 0.1) is 12.2 Å². The van der Waals surface area contributed by atoms with Crippen molar-refractivity contribution in [2.45, 2.75) is 36.6 Å². The zero-order chi connectivity index (χ0) is 14.3. The van der Waals surface area contributed by atoms with E-state index in [9.17, 15) is 8.42 Å². The summed E-state index contributed by atoms with van der Waals surface area (Å²) in [6, 6.07) is -0.583. The molecule has 2 aromatic rings. The molecule has 1 atom stereocenters. The fraction of sp³-hybridized carbons (Fsp3) is 0.545. The Kier molecular flexibility index (Phi) is 3.09. The van der Waals surface area contributed by atoms with Crippen molar-refractivity contribution >= 4 is 10.0 Å². The summed E-state index contributed by atoms with van der Waals surface area (Å²) in [7, 11) is -1.99. The largest absolute Gasteiger partial charge is 0.338 e. The molecule has 8 nitrogen and oxygen atoms in total. The zero-order valence-electron chi connectivity index (χ0n) is 11.1. The van der Waals surface area contributed by atoms with Crippen LogP contribution in [-0.4, -0.2) is 28.3 Å². The summed E-state index contributed by atoms with van der Waals surface area (Å²) in [5.74, 6) is 1.31. The van der Waals surface area contributed by atoms with Gasteiger partial charge in [-0.2, -0.15) is 14.8 Å². The average Bonchev–Trinajstić information content (AvgIpc) is 2.93. The molecule has 0 amide bonds. The molecule has 2 aromatic heterocycles. The Labute approximate surface area is 116 Å². The molecule has 1 N–H and O–H groups in total. The molecule has 0 saturated heterocycles. The fourth-order valence-corrected chi connectivity index (χ4v) is 3.00. The third-order valence-corrected chi connectivity index (χ3v) is 4.59. The van der Waals surface area contributed by atoms with E-state index in [1.54, 1.807) is 14.0 Å². The Morgan fingerprint density at radius 1 is 1.50 bits per heavy atom. The van der Waals surface area contributed by atoms with Gasteiger partial charge in [-0.15, -0.1) is 0 Å². The van der Waals surface area contributed by atoms with Crippen LogP contribution in [0, 0.1) is 0 Å². The van der Waals surface area contributed by atoms with Gasteiger partial charge >= 0.3 is 0 Å². The van der Waals surface area contributed by atoms with E-state index in [-0.39, 0.29) is 10.8 Å². The smallest absolute Gasteiger partial charge is 0.244 e. The highest BCUT2D eigenvalue weighted by atomic mass is 32.2. The number of sulfonamides is 1. The molecule has 20 heavy (non-hydrogen) atoms. The van der Waals surface area contributed by atoms with Gasteiger partial charge in [-0.25, -0.2) is 8.42 Å². The van der Waals surface area contributed by atoms with Crippen LogP contribution in [0.4, 0.5) is 0 Å². The number of rotatable bonds is 5. The quantitative estimate of drug-likeness (QED) is 0.872.